The predicted molar refractivity (Wildman–Crippen MR) is 124 cm³/mol. The smallest absolute Gasteiger partial charge is 0.260 e. The Bertz CT molecular complexity index is 1100. The first kappa shape index (κ1) is 19.6. The number of amides is 1. The molecule has 3 nitrogen and oxygen atoms in total. The van der Waals surface area contributed by atoms with E-state index in [1.807, 2.05) is 117 Å². The molecule has 148 valence electrons. The van der Waals surface area contributed by atoms with Gasteiger partial charge in [-0.1, -0.05) is 84.9 Å². The molecule has 2 aromatic carbocycles. The summed E-state index contributed by atoms with van der Waals surface area (Å²) in [5.74, 6) is 0.610. The zero-order valence-electron chi connectivity index (χ0n) is 17.2. The Labute approximate surface area is 177 Å². The van der Waals surface area contributed by atoms with Crippen LogP contribution in [0, 0.1) is 0 Å². The molecule has 30 heavy (non-hydrogen) atoms. The van der Waals surface area contributed by atoms with Gasteiger partial charge in [0.15, 0.2) is 0 Å². The largest absolute Gasteiger partial charge is 0.290 e. The van der Waals surface area contributed by atoms with E-state index in [1.165, 1.54) is 0 Å². The topological polar surface area (TPSA) is 33.2 Å². The van der Waals surface area contributed by atoms with Crippen molar-refractivity contribution in [2.75, 3.05) is 4.90 Å². The lowest BCUT2D eigenvalue weighted by molar-refractivity contribution is -0.113. The first-order valence-corrected chi connectivity index (χ1v) is 10.1. The van der Waals surface area contributed by atoms with Gasteiger partial charge in [0, 0.05) is 17.2 Å². The van der Waals surface area contributed by atoms with Crippen LogP contribution in [-0.4, -0.2) is 16.9 Å². The molecule has 0 fully saturated rings. The average Bonchev–Trinajstić information content (AvgIpc) is 3.02. The number of anilines is 1. The normalized spacial score (nSPS) is 11.6. The summed E-state index contributed by atoms with van der Waals surface area (Å²) in [5, 5.41) is 0. The van der Waals surface area contributed by atoms with Crippen LogP contribution in [0.1, 0.15) is 25.0 Å². The lowest BCUT2D eigenvalue weighted by Gasteiger charge is -2.26. The van der Waals surface area contributed by atoms with E-state index in [2.05, 4.69) is 0 Å². The van der Waals surface area contributed by atoms with Crippen LogP contribution in [0.5, 0.6) is 0 Å². The Morgan fingerprint density at radius 2 is 1.43 bits per heavy atom. The third-order valence-electron chi connectivity index (χ3n) is 4.98. The third kappa shape index (κ3) is 4.15. The van der Waals surface area contributed by atoms with E-state index in [1.54, 1.807) is 4.90 Å². The van der Waals surface area contributed by atoms with Crippen LogP contribution >= 0.6 is 0 Å². The highest BCUT2D eigenvalue weighted by Crippen LogP contribution is 2.30. The maximum absolute atomic E-state index is 13.8. The maximum atomic E-state index is 13.8. The van der Waals surface area contributed by atoms with Crippen LogP contribution in [0.4, 0.5) is 5.82 Å². The minimum Gasteiger partial charge on any atom is -0.290 e. The Morgan fingerprint density at radius 1 is 0.833 bits per heavy atom. The van der Waals surface area contributed by atoms with E-state index < -0.39 is 0 Å². The highest BCUT2D eigenvalue weighted by atomic mass is 16.2. The van der Waals surface area contributed by atoms with Gasteiger partial charge in [-0.25, -0.2) is 4.98 Å². The van der Waals surface area contributed by atoms with Crippen molar-refractivity contribution in [1.82, 2.24) is 4.98 Å². The van der Waals surface area contributed by atoms with Gasteiger partial charge in [-0.3, -0.25) is 9.69 Å². The summed E-state index contributed by atoms with van der Waals surface area (Å²) in [6.07, 6.45) is 1.95. The summed E-state index contributed by atoms with van der Waals surface area (Å²) >= 11 is 0. The molecule has 0 unspecified atom stereocenters. The fourth-order valence-corrected chi connectivity index (χ4v) is 3.53. The number of nitrogens with zero attached hydrogens (tertiary/aromatic N) is 2. The molecule has 1 aliphatic heterocycles. The third-order valence-corrected chi connectivity index (χ3v) is 4.98. The first-order chi connectivity index (χ1) is 14.6. The van der Waals surface area contributed by atoms with Crippen molar-refractivity contribution in [3.8, 4) is 11.3 Å². The average molecular weight is 393 g/mol. The number of hydrogen-bond donors (Lipinski definition) is 0. The molecule has 0 atom stereocenters. The summed E-state index contributed by atoms with van der Waals surface area (Å²) < 4.78 is 0. The van der Waals surface area contributed by atoms with Crippen LogP contribution < -0.4 is 4.90 Å². The van der Waals surface area contributed by atoms with Gasteiger partial charge in [-0.05, 0) is 43.2 Å². The van der Waals surface area contributed by atoms with Crippen molar-refractivity contribution in [3.05, 3.63) is 108 Å². The van der Waals surface area contributed by atoms with E-state index in [0.29, 0.717) is 11.4 Å². The fourth-order valence-electron chi connectivity index (χ4n) is 3.53. The molecule has 3 heteroatoms. The van der Waals surface area contributed by atoms with Gasteiger partial charge in [0.1, 0.15) is 5.82 Å². The van der Waals surface area contributed by atoms with Crippen molar-refractivity contribution in [3.63, 3.8) is 0 Å². The summed E-state index contributed by atoms with van der Waals surface area (Å²) in [6, 6.07) is 31.6. The second-order valence-corrected chi connectivity index (χ2v) is 7.47. The molecule has 1 amide bonds. The minimum absolute atomic E-state index is 0.0431. The molecular weight excluding hydrogens is 368 g/mol. The van der Waals surface area contributed by atoms with Crippen LogP contribution in [0.3, 0.4) is 0 Å². The van der Waals surface area contributed by atoms with Gasteiger partial charge in [0.25, 0.3) is 5.91 Å². The number of benzene rings is 2. The molecule has 2 aliphatic rings. The molecule has 0 spiro atoms. The van der Waals surface area contributed by atoms with Crippen molar-refractivity contribution < 1.29 is 4.79 Å². The van der Waals surface area contributed by atoms with Crippen molar-refractivity contribution in [2.45, 2.75) is 19.9 Å². The highest BCUT2D eigenvalue weighted by molar-refractivity contribution is 6.30. The molecule has 0 N–H and O–H groups in total. The predicted octanol–water partition coefficient (Wildman–Crippen LogP) is 6.17. The summed E-state index contributed by atoms with van der Waals surface area (Å²) in [6.45, 7) is 4.03. The zero-order valence-corrected chi connectivity index (χ0v) is 17.2. The first-order valence-electron chi connectivity index (χ1n) is 10.1. The Balaban J connectivity index is 1.82. The Morgan fingerprint density at radius 3 is 2.10 bits per heavy atom. The molecular formula is C27H24N2O. The Hall–Kier alpha value is -3.72. The van der Waals surface area contributed by atoms with Gasteiger partial charge in [0.05, 0.1) is 5.69 Å². The van der Waals surface area contributed by atoms with Crippen molar-refractivity contribution in [1.29, 1.82) is 0 Å². The van der Waals surface area contributed by atoms with Crippen molar-refractivity contribution in [2.24, 2.45) is 0 Å². The second kappa shape index (κ2) is 8.75. The van der Waals surface area contributed by atoms with E-state index in [0.717, 1.165) is 22.4 Å². The zero-order chi connectivity index (χ0) is 20.9. The molecule has 2 aromatic rings. The lowest BCUT2D eigenvalue weighted by atomic mass is 10.0. The highest BCUT2D eigenvalue weighted by Gasteiger charge is 2.26. The molecule has 0 saturated heterocycles. The standard InChI is InChI=1S/C27H24N2O/c1-20(2)29(26-19-23-16-10-5-11-17-25(23)28-26)27(30)24(22-14-8-4-9-15-22)18-21-12-6-3-7-13-21/h3-20H,1-2H3/b24-18+. The molecule has 1 heterocycles. The molecule has 0 aromatic heterocycles. The maximum Gasteiger partial charge on any atom is 0.260 e. The van der Waals surface area contributed by atoms with Crippen LogP contribution in [0.2, 0.25) is 0 Å². The lowest BCUT2D eigenvalue weighted by Crippen LogP contribution is -2.37. The molecule has 0 bridgehead atoms. The van der Waals surface area contributed by atoms with E-state index in [9.17, 15) is 4.79 Å². The minimum atomic E-state index is -0.0627. The van der Waals surface area contributed by atoms with E-state index in [-0.39, 0.29) is 11.9 Å². The van der Waals surface area contributed by atoms with Crippen LogP contribution in [0.25, 0.3) is 22.9 Å². The van der Waals surface area contributed by atoms with Crippen LogP contribution in [-0.2, 0) is 4.79 Å². The van der Waals surface area contributed by atoms with Crippen molar-refractivity contribution >= 4 is 23.4 Å². The summed E-state index contributed by atoms with van der Waals surface area (Å²) in [4.78, 5) is 20.4. The van der Waals surface area contributed by atoms with Gasteiger partial charge in [-0.15, -0.1) is 0 Å². The van der Waals surface area contributed by atoms with E-state index in [4.69, 9.17) is 4.98 Å². The van der Waals surface area contributed by atoms with Gasteiger partial charge in [0.2, 0.25) is 0 Å². The molecule has 0 saturated carbocycles. The fraction of sp³-hybridized carbons (Fsp3) is 0.111. The number of fused-ring (bicyclic) bond motifs is 1. The number of aromatic nitrogens is 1. The summed E-state index contributed by atoms with van der Waals surface area (Å²) in [7, 11) is 0. The van der Waals surface area contributed by atoms with Gasteiger partial charge in [-0.2, -0.15) is 0 Å². The van der Waals surface area contributed by atoms with Gasteiger partial charge >= 0.3 is 0 Å². The number of rotatable bonds is 5. The quantitative estimate of drug-likeness (QED) is 0.301. The SMILES string of the molecule is CC(C)N(C(=O)/C(=C/c1ccccc1)c1ccccc1)c1cc2cccccc-2n1. The number of hydrogen-bond acceptors (Lipinski definition) is 2. The van der Waals surface area contributed by atoms with Gasteiger partial charge < -0.3 is 0 Å². The van der Waals surface area contributed by atoms with Crippen LogP contribution in [0.15, 0.2) is 97.1 Å². The summed E-state index contributed by atoms with van der Waals surface area (Å²) in [5.41, 5.74) is 4.41. The number of carbonyl (C=O) groups excluding carboxylic acids is 1. The Kier molecular flexibility index (Phi) is 5.71. The molecule has 0 radical (unpaired) electrons. The monoisotopic (exact) mass is 392 g/mol. The van der Waals surface area contributed by atoms with E-state index >= 15 is 0 Å². The number of carbonyl (C=O) groups is 1. The second-order valence-electron chi connectivity index (χ2n) is 7.47. The molecule has 4 rings (SSSR count). The molecule has 1 aliphatic carbocycles.